The van der Waals surface area contributed by atoms with Crippen molar-refractivity contribution in [1.82, 2.24) is 0 Å². The molecule has 0 amide bonds. The minimum absolute atomic E-state index is 0.539. The van der Waals surface area contributed by atoms with Crippen LogP contribution in [0.1, 0.15) is 31.8 Å². The van der Waals surface area contributed by atoms with Crippen LogP contribution in [0.4, 0.5) is 0 Å². The third-order valence-corrected chi connectivity index (χ3v) is 6.12. The van der Waals surface area contributed by atoms with Gasteiger partial charge in [0.25, 0.3) is 0 Å². The molecule has 0 bridgehead atoms. The van der Waals surface area contributed by atoms with Gasteiger partial charge < -0.3 is 18.9 Å². The molecule has 0 unspecified atom stereocenters. The molecule has 0 heterocycles. The predicted octanol–water partition coefficient (Wildman–Crippen LogP) is 6.58. The van der Waals surface area contributed by atoms with Crippen LogP contribution in [0.5, 0.6) is 28.7 Å². The molecule has 0 spiro atoms. The largest absolute Gasteiger partial charge is 0.497 e. The number of hydrogen-bond acceptors (Lipinski definition) is 6. The Balaban J connectivity index is 1.53. The minimum atomic E-state index is 0.539. The number of benzene rings is 4. The van der Waals surface area contributed by atoms with Gasteiger partial charge >= 0.3 is 0 Å². The number of carbonyl (C=O) groups is 2. The highest BCUT2D eigenvalue weighted by Gasteiger charge is 2.13. The van der Waals surface area contributed by atoms with E-state index < -0.39 is 0 Å². The predicted molar refractivity (Wildman–Crippen MR) is 143 cm³/mol. The third kappa shape index (κ3) is 5.98. The van der Waals surface area contributed by atoms with Gasteiger partial charge in [0, 0.05) is 16.7 Å². The summed E-state index contributed by atoms with van der Waals surface area (Å²) in [6, 6.07) is 24.2. The average molecular weight is 497 g/mol. The fourth-order valence-corrected chi connectivity index (χ4v) is 4.11. The molecule has 0 saturated heterocycles. The van der Waals surface area contributed by atoms with Crippen molar-refractivity contribution in [3.8, 4) is 39.9 Å². The number of aryl methyl sites for hydroxylation is 2. The van der Waals surface area contributed by atoms with Crippen LogP contribution < -0.4 is 18.9 Å². The summed E-state index contributed by atoms with van der Waals surface area (Å²) in [6.45, 7) is 0. The van der Waals surface area contributed by atoms with E-state index in [1.54, 1.807) is 51.7 Å². The molecule has 4 aromatic rings. The fourth-order valence-electron chi connectivity index (χ4n) is 4.11. The van der Waals surface area contributed by atoms with E-state index in [0.717, 1.165) is 47.7 Å². The molecule has 0 radical (unpaired) electrons. The minimum Gasteiger partial charge on any atom is -0.497 e. The maximum absolute atomic E-state index is 11.7. The van der Waals surface area contributed by atoms with Crippen molar-refractivity contribution in [1.29, 1.82) is 0 Å². The van der Waals surface area contributed by atoms with Gasteiger partial charge in [0.2, 0.25) is 0 Å². The molecule has 188 valence electrons. The molecular formula is C31H28O6. The van der Waals surface area contributed by atoms with Gasteiger partial charge in [-0.25, -0.2) is 0 Å². The first kappa shape index (κ1) is 25.5. The van der Waals surface area contributed by atoms with E-state index in [4.69, 9.17) is 18.9 Å². The first-order valence-corrected chi connectivity index (χ1v) is 11.8. The Kier molecular flexibility index (Phi) is 8.21. The van der Waals surface area contributed by atoms with Crippen molar-refractivity contribution in [2.24, 2.45) is 0 Å². The second-order valence-electron chi connectivity index (χ2n) is 8.38. The monoisotopic (exact) mass is 496 g/mol. The van der Waals surface area contributed by atoms with Gasteiger partial charge in [-0.3, -0.25) is 9.59 Å². The normalized spacial score (nSPS) is 10.5. The highest BCUT2D eigenvalue weighted by molar-refractivity contribution is 5.90. The standard InChI is InChI=1S/C31H28O6/c1-34-26-12-14-27(24(18-26)20-33)28-13-8-21(16-30(28)36-3)4-5-22-9-15-29(35-2)31(17-22)37-25-10-6-23(19-32)7-11-25/h6-20H,4-5H2,1-3H3. The Morgan fingerprint density at radius 1 is 0.568 bits per heavy atom. The van der Waals surface area contributed by atoms with Gasteiger partial charge in [-0.2, -0.15) is 0 Å². The lowest BCUT2D eigenvalue weighted by Gasteiger charge is -2.14. The number of methoxy groups -OCH3 is 3. The van der Waals surface area contributed by atoms with Crippen molar-refractivity contribution >= 4 is 12.6 Å². The van der Waals surface area contributed by atoms with E-state index in [-0.39, 0.29) is 0 Å². The van der Waals surface area contributed by atoms with Gasteiger partial charge in [0.05, 0.1) is 21.3 Å². The van der Waals surface area contributed by atoms with Crippen LogP contribution in [0.2, 0.25) is 0 Å². The number of hydrogen-bond donors (Lipinski definition) is 0. The zero-order valence-corrected chi connectivity index (χ0v) is 21.0. The number of carbonyl (C=O) groups excluding carboxylic acids is 2. The average Bonchev–Trinajstić information content (AvgIpc) is 2.96. The van der Waals surface area contributed by atoms with Gasteiger partial charge in [0.1, 0.15) is 23.5 Å². The summed E-state index contributed by atoms with van der Waals surface area (Å²) in [7, 11) is 4.80. The lowest BCUT2D eigenvalue weighted by atomic mass is 9.96. The fraction of sp³-hybridized carbons (Fsp3) is 0.161. The summed E-state index contributed by atoms with van der Waals surface area (Å²) < 4.78 is 22.4. The van der Waals surface area contributed by atoms with Crippen molar-refractivity contribution in [3.63, 3.8) is 0 Å². The van der Waals surface area contributed by atoms with E-state index in [1.165, 1.54) is 0 Å². The molecule has 6 nitrogen and oxygen atoms in total. The van der Waals surface area contributed by atoms with Gasteiger partial charge in [-0.15, -0.1) is 0 Å². The smallest absolute Gasteiger partial charge is 0.169 e. The van der Waals surface area contributed by atoms with E-state index in [1.807, 2.05) is 48.5 Å². The van der Waals surface area contributed by atoms with E-state index in [0.29, 0.717) is 39.9 Å². The lowest BCUT2D eigenvalue weighted by molar-refractivity contribution is 0.111. The Labute approximate surface area is 216 Å². The Morgan fingerprint density at radius 3 is 1.81 bits per heavy atom. The van der Waals surface area contributed by atoms with Crippen molar-refractivity contribution < 1.29 is 28.5 Å². The molecule has 6 heteroatoms. The molecule has 4 rings (SSSR count). The van der Waals surface area contributed by atoms with Crippen LogP contribution in [0, 0.1) is 0 Å². The van der Waals surface area contributed by atoms with E-state index in [9.17, 15) is 9.59 Å². The van der Waals surface area contributed by atoms with Crippen molar-refractivity contribution in [3.05, 3.63) is 101 Å². The zero-order chi connectivity index (χ0) is 26.2. The molecule has 0 aliphatic rings. The highest BCUT2D eigenvalue weighted by atomic mass is 16.5. The molecule has 0 atom stereocenters. The lowest BCUT2D eigenvalue weighted by Crippen LogP contribution is -1.97. The van der Waals surface area contributed by atoms with Crippen LogP contribution in [0.3, 0.4) is 0 Å². The van der Waals surface area contributed by atoms with Gasteiger partial charge in [-0.1, -0.05) is 18.2 Å². The van der Waals surface area contributed by atoms with E-state index in [2.05, 4.69) is 0 Å². The topological polar surface area (TPSA) is 71.1 Å². The molecule has 0 aliphatic heterocycles. The van der Waals surface area contributed by atoms with E-state index >= 15 is 0 Å². The quantitative estimate of drug-likeness (QED) is 0.218. The molecule has 37 heavy (non-hydrogen) atoms. The van der Waals surface area contributed by atoms with Crippen LogP contribution >= 0.6 is 0 Å². The molecule has 0 N–H and O–H groups in total. The molecule has 0 fully saturated rings. The first-order valence-electron chi connectivity index (χ1n) is 11.8. The summed E-state index contributed by atoms with van der Waals surface area (Å²) in [5.41, 5.74) is 4.95. The van der Waals surface area contributed by atoms with Crippen molar-refractivity contribution in [2.75, 3.05) is 21.3 Å². The Hall–Kier alpha value is -4.58. The van der Waals surface area contributed by atoms with Crippen molar-refractivity contribution in [2.45, 2.75) is 12.8 Å². The third-order valence-electron chi connectivity index (χ3n) is 6.12. The summed E-state index contributed by atoms with van der Waals surface area (Å²) in [5, 5.41) is 0. The van der Waals surface area contributed by atoms with Crippen LogP contribution in [-0.2, 0) is 12.8 Å². The second-order valence-corrected chi connectivity index (χ2v) is 8.38. The first-order chi connectivity index (χ1) is 18.1. The number of ether oxygens (including phenoxy) is 4. The highest BCUT2D eigenvalue weighted by Crippen LogP contribution is 2.36. The number of rotatable bonds is 11. The molecule has 0 saturated carbocycles. The Bertz CT molecular complexity index is 1390. The summed E-state index contributed by atoms with van der Waals surface area (Å²) in [6.07, 6.45) is 3.17. The SMILES string of the molecule is COc1ccc(-c2ccc(CCc3ccc(OC)c(Oc4ccc(C=O)cc4)c3)cc2OC)c(C=O)c1. The summed E-state index contributed by atoms with van der Waals surface area (Å²) in [4.78, 5) is 22.6. The summed E-state index contributed by atoms with van der Waals surface area (Å²) in [5.74, 6) is 3.17. The molecule has 0 aliphatic carbocycles. The summed E-state index contributed by atoms with van der Waals surface area (Å²) >= 11 is 0. The van der Waals surface area contributed by atoms with Gasteiger partial charge in [-0.05, 0) is 90.2 Å². The maximum atomic E-state index is 11.7. The maximum Gasteiger partial charge on any atom is 0.169 e. The number of aldehydes is 2. The Morgan fingerprint density at radius 2 is 1.19 bits per heavy atom. The van der Waals surface area contributed by atoms with Crippen LogP contribution in [0.15, 0.2) is 78.9 Å². The molecular weight excluding hydrogens is 468 g/mol. The second kappa shape index (κ2) is 11.9. The van der Waals surface area contributed by atoms with Crippen LogP contribution in [0.25, 0.3) is 11.1 Å². The zero-order valence-electron chi connectivity index (χ0n) is 21.0. The van der Waals surface area contributed by atoms with Crippen LogP contribution in [-0.4, -0.2) is 33.9 Å². The van der Waals surface area contributed by atoms with Gasteiger partial charge in [0.15, 0.2) is 17.8 Å². The molecule has 0 aromatic heterocycles. The molecule has 4 aromatic carbocycles.